The summed E-state index contributed by atoms with van der Waals surface area (Å²) in [6, 6.07) is 0.227. The molecule has 4 heteroatoms. The van der Waals surface area contributed by atoms with Gasteiger partial charge in [-0.1, -0.05) is 26.2 Å². The summed E-state index contributed by atoms with van der Waals surface area (Å²) >= 11 is 0. The Morgan fingerprint density at radius 3 is 2.57 bits per heavy atom. The number of amides is 1. The Hall–Kier alpha value is 0.270. The van der Waals surface area contributed by atoms with Crippen molar-refractivity contribution in [1.29, 1.82) is 0 Å². The Labute approximate surface area is 111 Å². The van der Waals surface area contributed by atoms with Crippen molar-refractivity contribution < 1.29 is 40.5 Å². The van der Waals surface area contributed by atoms with Gasteiger partial charge in [0.05, 0.1) is 6.61 Å². The van der Waals surface area contributed by atoms with Crippen LogP contribution >= 0.6 is 0 Å². The fourth-order valence-electron chi connectivity index (χ4n) is 1.15. The van der Waals surface area contributed by atoms with Crippen LogP contribution in [0.1, 0.15) is 47.9 Å². The standard InChI is InChI=1S/C10H21NO2.Na.H/c1-4-6-7-8-9(3)11-10(12)13-5-2;;/h9H,4-8H2,1-3H3,(H,11,12);;/q;+1;-1. The van der Waals surface area contributed by atoms with E-state index in [1.165, 1.54) is 19.3 Å². The topological polar surface area (TPSA) is 38.3 Å². The average molecular weight is 211 g/mol. The maximum atomic E-state index is 11.0. The van der Waals surface area contributed by atoms with Crippen LogP contribution in [-0.2, 0) is 4.74 Å². The number of alkyl carbamates (subject to hydrolysis) is 1. The van der Waals surface area contributed by atoms with E-state index < -0.39 is 0 Å². The quantitative estimate of drug-likeness (QED) is 0.489. The first-order valence-electron chi connectivity index (χ1n) is 5.14. The molecule has 0 spiro atoms. The van der Waals surface area contributed by atoms with Crippen LogP contribution in [0.4, 0.5) is 4.79 Å². The molecular formula is C10H22NNaO2. The second-order valence-corrected chi connectivity index (χ2v) is 3.26. The van der Waals surface area contributed by atoms with Gasteiger partial charge in [-0.25, -0.2) is 4.79 Å². The van der Waals surface area contributed by atoms with Crippen LogP contribution in [0.25, 0.3) is 0 Å². The molecule has 0 saturated carbocycles. The molecule has 1 unspecified atom stereocenters. The van der Waals surface area contributed by atoms with Crippen LogP contribution in [0.2, 0.25) is 0 Å². The summed E-state index contributed by atoms with van der Waals surface area (Å²) in [6.45, 7) is 6.42. The van der Waals surface area contributed by atoms with Gasteiger partial charge in [-0.05, 0) is 20.3 Å². The van der Waals surface area contributed by atoms with E-state index in [4.69, 9.17) is 4.74 Å². The van der Waals surface area contributed by atoms with Gasteiger partial charge in [0.2, 0.25) is 0 Å². The monoisotopic (exact) mass is 211 g/mol. The van der Waals surface area contributed by atoms with Gasteiger partial charge in [-0.3, -0.25) is 0 Å². The van der Waals surface area contributed by atoms with Crippen molar-refractivity contribution in [2.24, 2.45) is 0 Å². The molecule has 1 amide bonds. The molecule has 0 rings (SSSR count). The number of hydrogen-bond donors (Lipinski definition) is 1. The molecule has 0 aromatic carbocycles. The minimum absolute atomic E-state index is 0. The fraction of sp³-hybridized carbons (Fsp3) is 0.900. The van der Waals surface area contributed by atoms with E-state index >= 15 is 0 Å². The molecule has 3 nitrogen and oxygen atoms in total. The number of ether oxygens (including phenoxy) is 1. The molecule has 14 heavy (non-hydrogen) atoms. The van der Waals surface area contributed by atoms with Crippen LogP contribution in [0, 0.1) is 0 Å². The van der Waals surface area contributed by atoms with E-state index in [-0.39, 0.29) is 43.1 Å². The Morgan fingerprint density at radius 2 is 2.07 bits per heavy atom. The second-order valence-electron chi connectivity index (χ2n) is 3.26. The van der Waals surface area contributed by atoms with Crippen molar-refractivity contribution in [3.63, 3.8) is 0 Å². The Balaban J connectivity index is -0.000000720. The summed E-state index contributed by atoms with van der Waals surface area (Å²) in [5.74, 6) is 0. The smallest absolute Gasteiger partial charge is 1.00 e. The van der Waals surface area contributed by atoms with Crippen molar-refractivity contribution in [2.45, 2.75) is 52.5 Å². The van der Waals surface area contributed by atoms with Gasteiger partial charge in [-0.15, -0.1) is 0 Å². The molecule has 0 aromatic heterocycles. The number of rotatable bonds is 6. The van der Waals surface area contributed by atoms with Crippen molar-refractivity contribution >= 4 is 6.09 Å². The number of carbonyl (C=O) groups is 1. The van der Waals surface area contributed by atoms with E-state index in [1.807, 2.05) is 6.92 Å². The largest absolute Gasteiger partial charge is 1.00 e. The second kappa shape index (κ2) is 11.3. The number of nitrogens with one attached hydrogen (secondary N) is 1. The molecule has 1 N–H and O–H groups in total. The first-order chi connectivity index (χ1) is 6.20. The third-order valence-corrected chi connectivity index (χ3v) is 1.88. The number of unbranched alkanes of at least 4 members (excludes halogenated alkanes) is 2. The van der Waals surface area contributed by atoms with Gasteiger partial charge in [0.1, 0.15) is 0 Å². The number of hydrogen-bond acceptors (Lipinski definition) is 2. The summed E-state index contributed by atoms with van der Waals surface area (Å²) in [4.78, 5) is 11.0. The first-order valence-corrected chi connectivity index (χ1v) is 5.14. The molecule has 0 bridgehead atoms. The van der Waals surface area contributed by atoms with Crippen LogP contribution < -0.4 is 34.9 Å². The third-order valence-electron chi connectivity index (χ3n) is 1.88. The molecule has 1 atom stereocenters. The van der Waals surface area contributed by atoms with Crippen LogP contribution in [0.5, 0.6) is 0 Å². The summed E-state index contributed by atoms with van der Waals surface area (Å²) in [5.41, 5.74) is 0. The van der Waals surface area contributed by atoms with Crippen molar-refractivity contribution in [2.75, 3.05) is 6.61 Å². The van der Waals surface area contributed by atoms with Crippen molar-refractivity contribution in [3.8, 4) is 0 Å². The molecule has 0 aliphatic heterocycles. The predicted octanol–water partition coefficient (Wildman–Crippen LogP) is -0.182. The SMILES string of the molecule is CCCCCC(C)NC(=O)OCC.[H-].[Na+]. The molecule has 0 aliphatic rings. The van der Waals surface area contributed by atoms with Gasteiger partial charge in [0.25, 0.3) is 0 Å². The predicted molar refractivity (Wildman–Crippen MR) is 54.9 cm³/mol. The molecule has 0 aromatic rings. The minimum Gasteiger partial charge on any atom is -1.00 e. The van der Waals surface area contributed by atoms with E-state index in [9.17, 15) is 4.79 Å². The maximum absolute atomic E-state index is 11.0. The third kappa shape index (κ3) is 10.4. The maximum Gasteiger partial charge on any atom is 1.00 e. The minimum atomic E-state index is -0.300. The van der Waals surface area contributed by atoms with Gasteiger partial charge in [-0.2, -0.15) is 0 Å². The summed E-state index contributed by atoms with van der Waals surface area (Å²) in [6.07, 6.45) is 4.35. The summed E-state index contributed by atoms with van der Waals surface area (Å²) in [5, 5.41) is 2.78. The number of carbonyl (C=O) groups excluding carboxylic acids is 1. The molecule has 0 saturated heterocycles. The molecule has 0 radical (unpaired) electrons. The summed E-state index contributed by atoms with van der Waals surface area (Å²) < 4.78 is 4.77. The van der Waals surface area contributed by atoms with E-state index in [0.717, 1.165) is 6.42 Å². The Kier molecular flexibility index (Phi) is 13.5. The fourth-order valence-corrected chi connectivity index (χ4v) is 1.15. The van der Waals surface area contributed by atoms with Gasteiger partial charge in [0, 0.05) is 6.04 Å². The van der Waals surface area contributed by atoms with E-state index in [0.29, 0.717) is 6.61 Å². The first kappa shape index (κ1) is 16.7. The van der Waals surface area contributed by atoms with Crippen LogP contribution in [0.15, 0.2) is 0 Å². The van der Waals surface area contributed by atoms with Crippen LogP contribution in [0.3, 0.4) is 0 Å². The van der Waals surface area contributed by atoms with Crippen LogP contribution in [-0.4, -0.2) is 18.7 Å². The Morgan fingerprint density at radius 1 is 1.43 bits per heavy atom. The average Bonchev–Trinajstić information content (AvgIpc) is 2.05. The molecule has 80 valence electrons. The van der Waals surface area contributed by atoms with Gasteiger partial charge in [0.15, 0.2) is 0 Å². The van der Waals surface area contributed by atoms with Crippen molar-refractivity contribution in [1.82, 2.24) is 5.32 Å². The molecule has 0 fully saturated rings. The molecular weight excluding hydrogens is 189 g/mol. The zero-order chi connectivity index (χ0) is 10.1. The van der Waals surface area contributed by atoms with Gasteiger partial charge >= 0.3 is 35.7 Å². The molecule has 0 heterocycles. The van der Waals surface area contributed by atoms with E-state index in [1.54, 1.807) is 6.92 Å². The van der Waals surface area contributed by atoms with Crippen molar-refractivity contribution in [3.05, 3.63) is 0 Å². The van der Waals surface area contributed by atoms with E-state index in [2.05, 4.69) is 12.2 Å². The Bertz CT molecular complexity index is 147. The van der Waals surface area contributed by atoms with Gasteiger partial charge < -0.3 is 11.5 Å². The zero-order valence-corrected chi connectivity index (χ0v) is 11.9. The summed E-state index contributed by atoms with van der Waals surface area (Å²) in [7, 11) is 0. The zero-order valence-electron chi connectivity index (χ0n) is 10.9. The molecule has 0 aliphatic carbocycles. The normalized spacial score (nSPS) is 11.4.